The van der Waals surface area contributed by atoms with Crippen LogP contribution in [0.15, 0.2) is 60.0 Å². The van der Waals surface area contributed by atoms with Crippen molar-refractivity contribution in [2.45, 2.75) is 70.0 Å². The molecule has 3 atom stereocenters. The van der Waals surface area contributed by atoms with Crippen LogP contribution in [0.3, 0.4) is 0 Å². The number of rotatable bonds is 12. The molecule has 0 saturated carbocycles. The Balaban J connectivity index is 1.40. The highest BCUT2D eigenvalue weighted by Gasteiger charge is 2.25. The van der Waals surface area contributed by atoms with Crippen LogP contribution >= 0.6 is 11.6 Å². The molecule has 9 nitrogen and oxygen atoms in total. The second-order valence-corrected chi connectivity index (χ2v) is 12.1. The van der Waals surface area contributed by atoms with Gasteiger partial charge >= 0.3 is 5.69 Å². The van der Waals surface area contributed by atoms with Crippen molar-refractivity contribution >= 4 is 28.5 Å². The van der Waals surface area contributed by atoms with Crippen LogP contribution in [-0.2, 0) is 6.42 Å². The topological polar surface area (TPSA) is 134 Å². The molecule has 0 spiro atoms. The number of piperidine rings is 1. The second-order valence-electron chi connectivity index (χ2n) is 11.7. The van der Waals surface area contributed by atoms with E-state index >= 15 is 4.39 Å². The lowest BCUT2D eigenvalue weighted by Gasteiger charge is -2.32. The molecule has 11 heteroatoms. The summed E-state index contributed by atoms with van der Waals surface area (Å²) in [6.07, 6.45) is 9.76. The molecule has 1 fully saturated rings. The summed E-state index contributed by atoms with van der Waals surface area (Å²) in [5.41, 5.74) is 9.17. The van der Waals surface area contributed by atoms with Gasteiger partial charge in [-0.05, 0) is 75.3 Å². The van der Waals surface area contributed by atoms with Crippen LogP contribution in [0.25, 0.3) is 28.0 Å². The molecule has 0 unspecified atom stereocenters. The Bertz CT molecular complexity index is 1750. The summed E-state index contributed by atoms with van der Waals surface area (Å²) in [4.78, 5) is 20.5. The number of fused-ring (bicyclic) bond motifs is 1. The highest BCUT2D eigenvalue weighted by Crippen LogP contribution is 2.35. The highest BCUT2D eigenvalue weighted by atomic mass is 35.5. The van der Waals surface area contributed by atoms with Gasteiger partial charge in [-0.3, -0.25) is 9.98 Å². The van der Waals surface area contributed by atoms with E-state index in [-0.39, 0.29) is 17.1 Å². The van der Waals surface area contributed by atoms with E-state index in [1.165, 1.54) is 4.57 Å². The normalized spacial score (nSPS) is 17.3. The van der Waals surface area contributed by atoms with Crippen LogP contribution in [0.5, 0.6) is 5.75 Å². The van der Waals surface area contributed by atoms with Gasteiger partial charge in [0.25, 0.3) is 0 Å². The standard InChI is InChI=1S/C34H41ClFN7O2/c1-4-23(38)8-5-7-21-15-27(32(36)28(35)16-21)30-17-22-19-43(34(44)42-33(22)41-30)25-11-12-26(31(18-25)45-3)29-10-6-9-24(40-29)13-14-39-20(2)37/h4,11-12,15-19,23-24,29,40H,1,5-10,13-14,38H2,2-3H3,(H2,37,39)(H,41,42,44)/t23-,24-,29-/m0/s1. The fourth-order valence-electron chi connectivity index (χ4n) is 6.03. The number of aromatic nitrogens is 3. The van der Waals surface area contributed by atoms with Gasteiger partial charge in [-0.2, -0.15) is 4.98 Å². The van der Waals surface area contributed by atoms with Crippen molar-refractivity contribution in [3.8, 4) is 22.7 Å². The van der Waals surface area contributed by atoms with Crippen molar-refractivity contribution in [2.75, 3.05) is 13.7 Å². The first-order valence-corrected chi connectivity index (χ1v) is 15.8. The number of nitrogens with two attached hydrogens (primary N) is 1. The summed E-state index contributed by atoms with van der Waals surface area (Å²) in [7, 11) is 1.63. The predicted octanol–water partition coefficient (Wildman–Crippen LogP) is 6.18. The number of nitrogens with zero attached hydrogens (tertiary/aromatic N) is 2. The van der Waals surface area contributed by atoms with E-state index in [2.05, 4.69) is 27.2 Å². The molecule has 2 aromatic heterocycles. The molecule has 4 aromatic rings. The molecule has 6 N–H and O–H groups in total. The number of aromatic amines is 1. The first-order valence-electron chi connectivity index (χ1n) is 15.4. The molecule has 0 radical (unpaired) electrons. The van der Waals surface area contributed by atoms with Crippen molar-refractivity contribution in [1.29, 1.82) is 5.41 Å². The van der Waals surface area contributed by atoms with E-state index in [0.29, 0.717) is 52.0 Å². The molecule has 5 rings (SSSR count). The van der Waals surface area contributed by atoms with Crippen LogP contribution in [0, 0.1) is 11.2 Å². The minimum atomic E-state index is -0.537. The molecule has 0 aliphatic carbocycles. The van der Waals surface area contributed by atoms with E-state index < -0.39 is 11.5 Å². The Morgan fingerprint density at radius 2 is 2.16 bits per heavy atom. The van der Waals surface area contributed by atoms with Gasteiger partial charge in [-0.25, -0.2) is 9.18 Å². The van der Waals surface area contributed by atoms with Gasteiger partial charge in [0.2, 0.25) is 0 Å². The Morgan fingerprint density at radius 1 is 1.33 bits per heavy atom. The molecule has 3 heterocycles. The fraction of sp³-hybridized carbons (Fsp3) is 0.382. The number of H-pyrrole nitrogens is 1. The highest BCUT2D eigenvalue weighted by molar-refractivity contribution is 6.31. The summed E-state index contributed by atoms with van der Waals surface area (Å²) in [5, 5.41) is 15.1. The molecule has 45 heavy (non-hydrogen) atoms. The molecule has 1 aliphatic rings. The largest absolute Gasteiger partial charge is 0.496 e. The van der Waals surface area contributed by atoms with E-state index in [4.69, 9.17) is 27.5 Å². The first kappa shape index (κ1) is 32.4. The Morgan fingerprint density at radius 3 is 2.91 bits per heavy atom. The third kappa shape index (κ3) is 7.64. The van der Waals surface area contributed by atoms with Gasteiger partial charge in [0.1, 0.15) is 11.4 Å². The lowest BCUT2D eigenvalue weighted by molar-refractivity contribution is 0.304. The summed E-state index contributed by atoms with van der Waals surface area (Å²) in [5.74, 6) is 0.619. The minimum absolute atomic E-state index is 0.0331. The SMILES string of the molecule is C=C[C@H](N)CCCc1cc(Cl)c(F)c(-c2cc3cn(-c4ccc([C@@H]5CCC[C@@H](CCNC(C)=N)N5)c(OC)c4)c(=O)nc3[nH]2)c1. The van der Waals surface area contributed by atoms with Crippen molar-refractivity contribution < 1.29 is 9.13 Å². The average molecular weight is 634 g/mol. The van der Waals surface area contributed by atoms with Crippen LogP contribution in [0.4, 0.5) is 4.39 Å². The minimum Gasteiger partial charge on any atom is -0.496 e. The lowest BCUT2D eigenvalue weighted by Crippen LogP contribution is -2.39. The molecule has 2 aromatic carbocycles. The predicted molar refractivity (Wildman–Crippen MR) is 179 cm³/mol. The Labute approximate surface area is 267 Å². The molecular weight excluding hydrogens is 593 g/mol. The third-order valence-electron chi connectivity index (χ3n) is 8.43. The zero-order valence-corrected chi connectivity index (χ0v) is 26.5. The summed E-state index contributed by atoms with van der Waals surface area (Å²) >= 11 is 6.28. The van der Waals surface area contributed by atoms with Gasteiger partial charge in [0.05, 0.1) is 29.3 Å². The first-order chi connectivity index (χ1) is 21.7. The molecule has 1 saturated heterocycles. The van der Waals surface area contributed by atoms with E-state index in [1.54, 1.807) is 44.5 Å². The fourth-order valence-corrected chi connectivity index (χ4v) is 6.28. The van der Waals surface area contributed by atoms with Crippen LogP contribution < -0.4 is 26.8 Å². The lowest BCUT2D eigenvalue weighted by atomic mass is 9.91. The second kappa shape index (κ2) is 14.4. The molecule has 238 valence electrons. The number of amidine groups is 1. The zero-order chi connectivity index (χ0) is 32.1. The monoisotopic (exact) mass is 633 g/mol. The number of hydrogen-bond acceptors (Lipinski definition) is 6. The van der Waals surface area contributed by atoms with Crippen LogP contribution in [-0.4, -0.2) is 46.1 Å². The Kier molecular flexibility index (Phi) is 10.4. The number of benzene rings is 2. The maximum absolute atomic E-state index is 15.2. The van der Waals surface area contributed by atoms with E-state index in [1.807, 2.05) is 18.2 Å². The number of halogens is 2. The van der Waals surface area contributed by atoms with Crippen molar-refractivity contribution in [2.24, 2.45) is 5.73 Å². The quantitative estimate of drug-likeness (QED) is 0.0719. The Hall–Kier alpha value is -3.99. The molecule has 0 bridgehead atoms. The maximum Gasteiger partial charge on any atom is 0.354 e. The number of nitrogens with one attached hydrogen (secondary N) is 4. The summed E-state index contributed by atoms with van der Waals surface area (Å²) in [6, 6.07) is 11.3. The number of hydrogen-bond donors (Lipinski definition) is 5. The maximum atomic E-state index is 15.2. The summed E-state index contributed by atoms with van der Waals surface area (Å²) < 4.78 is 22.5. The molecule has 1 aliphatic heterocycles. The summed E-state index contributed by atoms with van der Waals surface area (Å²) in [6.45, 7) is 6.22. The molecule has 0 amide bonds. The van der Waals surface area contributed by atoms with Gasteiger partial charge in [0.15, 0.2) is 5.82 Å². The van der Waals surface area contributed by atoms with Crippen molar-refractivity contribution in [3.63, 3.8) is 0 Å². The number of methoxy groups -OCH3 is 1. The number of ether oxygens (including phenoxy) is 1. The third-order valence-corrected chi connectivity index (χ3v) is 8.70. The zero-order valence-electron chi connectivity index (χ0n) is 25.8. The van der Waals surface area contributed by atoms with Gasteiger partial charge in [0, 0.05) is 53.4 Å². The van der Waals surface area contributed by atoms with Crippen molar-refractivity contribution in [1.82, 2.24) is 25.2 Å². The van der Waals surface area contributed by atoms with Gasteiger partial charge in [-0.1, -0.05) is 30.2 Å². The average Bonchev–Trinajstić information content (AvgIpc) is 3.44. The van der Waals surface area contributed by atoms with E-state index in [9.17, 15) is 4.79 Å². The van der Waals surface area contributed by atoms with Crippen LogP contribution in [0.1, 0.15) is 62.6 Å². The van der Waals surface area contributed by atoms with Gasteiger partial charge < -0.3 is 26.1 Å². The van der Waals surface area contributed by atoms with Crippen LogP contribution in [0.2, 0.25) is 5.02 Å². The number of aryl methyl sites for hydroxylation is 1. The van der Waals surface area contributed by atoms with Crippen molar-refractivity contribution in [3.05, 3.63) is 87.7 Å². The molecular formula is C34H41ClFN7O2. The smallest absolute Gasteiger partial charge is 0.354 e. The van der Waals surface area contributed by atoms with Gasteiger partial charge in [-0.15, -0.1) is 6.58 Å². The van der Waals surface area contributed by atoms with E-state index in [0.717, 1.165) is 56.2 Å².